The summed E-state index contributed by atoms with van der Waals surface area (Å²) in [5.41, 5.74) is 3.71. The highest BCUT2D eigenvalue weighted by molar-refractivity contribution is 6.04. The number of pyridine rings is 1. The predicted molar refractivity (Wildman–Crippen MR) is 140 cm³/mol. The number of carbonyl (C=O) groups is 1. The normalized spacial score (nSPS) is 15.0. The minimum Gasteiger partial charge on any atom is -0.389 e. The number of carbonyl (C=O) groups excluding carboxylic acids is 1. The van der Waals surface area contributed by atoms with Gasteiger partial charge in [-0.2, -0.15) is 5.10 Å². The number of rotatable bonds is 6. The van der Waals surface area contributed by atoms with Crippen LogP contribution >= 0.6 is 0 Å². The molecule has 5 rings (SSSR count). The van der Waals surface area contributed by atoms with Crippen LogP contribution in [-0.2, 0) is 13.6 Å². The average molecular weight is 489 g/mol. The van der Waals surface area contributed by atoms with Gasteiger partial charge in [0.1, 0.15) is 0 Å². The largest absolute Gasteiger partial charge is 0.389 e. The first kappa shape index (κ1) is 24.0. The van der Waals surface area contributed by atoms with E-state index >= 15 is 0 Å². The van der Waals surface area contributed by atoms with Crippen LogP contribution in [0.15, 0.2) is 48.9 Å². The lowest BCUT2D eigenvalue weighted by Gasteiger charge is -2.34. The van der Waals surface area contributed by atoms with Gasteiger partial charge in [-0.3, -0.25) is 19.8 Å². The van der Waals surface area contributed by atoms with Gasteiger partial charge in [0.15, 0.2) is 0 Å². The maximum absolute atomic E-state index is 13.3. The van der Waals surface area contributed by atoms with E-state index < -0.39 is 5.60 Å². The maximum Gasteiger partial charge on any atom is 0.258 e. The minimum atomic E-state index is -0.993. The third-order valence-corrected chi connectivity index (χ3v) is 6.39. The number of aryl methyl sites for hydroxylation is 1. The number of imidazole rings is 1. The second-order valence-corrected chi connectivity index (χ2v) is 10.1. The Morgan fingerprint density at radius 2 is 1.89 bits per heavy atom. The summed E-state index contributed by atoms with van der Waals surface area (Å²) in [5, 5.41) is 17.7. The van der Waals surface area contributed by atoms with Crippen molar-refractivity contribution in [2.24, 2.45) is 7.05 Å². The first-order chi connectivity index (χ1) is 17.2. The number of benzene rings is 1. The van der Waals surface area contributed by atoms with E-state index in [1.54, 1.807) is 43.1 Å². The van der Waals surface area contributed by atoms with Gasteiger partial charge >= 0.3 is 0 Å². The Morgan fingerprint density at radius 1 is 1.11 bits per heavy atom. The molecular formula is C26H32N8O2. The minimum absolute atomic E-state index is 0.282. The first-order valence-corrected chi connectivity index (χ1v) is 12.1. The smallest absolute Gasteiger partial charge is 0.258 e. The molecule has 0 spiro atoms. The molecule has 0 unspecified atom stereocenters. The van der Waals surface area contributed by atoms with E-state index in [1.165, 1.54) is 0 Å². The van der Waals surface area contributed by atoms with Crippen LogP contribution in [-0.4, -0.2) is 79.1 Å². The van der Waals surface area contributed by atoms with Crippen molar-refractivity contribution >= 4 is 28.6 Å². The van der Waals surface area contributed by atoms with Crippen molar-refractivity contribution < 1.29 is 9.90 Å². The van der Waals surface area contributed by atoms with Gasteiger partial charge in [0.25, 0.3) is 5.91 Å². The van der Waals surface area contributed by atoms with Gasteiger partial charge in [0.05, 0.1) is 35.1 Å². The van der Waals surface area contributed by atoms with E-state index in [1.807, 2.05) is 23.9 Å². The molecule has 0 radical (unpaired) electrons. The summed E-state index contributed by atoms with van der Waals surface area (Å²) < 4.78 is 3.56. The molecule has 3 aromatic heterocycles. The molecule has 4 aromatic rings. The highest BCUT2D eigenvalue weighted by atomic mass is 16.3. The Labute approximate surface area is 210 Å². The molecule has 36 heavy (non-hydrogen) atoms. The molecule has 1 fully saturated rings. The molecule has 0 atom stereocenters. The Bertz CT molecular complexity index is 1390. The van der Waals surface area contributed by atoms with Gasteiger partial charge in [-0.15, -0.1) is 0 Å². The van der Waals surface area contributed by atoms with Crippen LogP contribution in [0, 0.1) is 0 Å². The molecule has 0 aliphatic carbocycles. The van der Waals surface area contributed by atoms with E-state index in [9.17, 15) is 9.90 Å². The zero-order valence-corrected chi connectivity index (χ0v) is 21.1. The number of likely N-dealkylation sites (N-methyl/N-ethyl adjacent to an activating group) is 1. The van der Waals surface area contributed by atoms with Crippen molar-refractivity contribution in [2.75, 3.05) is 43.4 Å². The number of hydrogen-bond acceptors (Lipinski definition) is 7. The van der Waals surface area contributed by atoms with E-state index in [0.29, 0.717) is 17.2 Å². The number of aromatic nitrogens is 5. The quantitative estimate of drug-likeness (QED) is 0.430. The predicted octanol–water partition coefficient (Wildman–Crippen LogP) is 2.61. The molecule has 0 saturated carbocycles. The van der Waals surface area contributed by atoms with Gasteiger partial charge in [-0.1, -0.05) is 0 Å². The number of nitrogens with zero attached hydrogens (tertiary/aromatic N) is 7. The average Bonchev–Trinajstić information content (AvgIpc) is 3.42. The number of aliphatic hydroxyl groups is 1. The molecule has 1 saturated heterocycles. The van der Waals surface area contributed by atoms with Crippen LogP contribution in [0.25, 0.3) is 22.3 Å². The molecule has 0 bridgehead atoms. The number of piperazine rings is 1. The zero-order valence-electron chi connectivity index (χ0n) is 21.1. The molecule has 10 heteroatoms. The van der Waals surface area contributed by atoms with Crippen molar-refractivity contribution in [1.29, 1.82) is 0 Å². The van der Waals surface area contributed by atoms with E-state index in [2.05, 4.69) is 44.4 Å². The maximum atomic E-state index is 13.3. The standard InChI is InChI=1S/C26H32N8O2/c1-26(2,36)17-34-23-6-5-20(33-11-9-31(3)10-12-33)14-22(23)29-25(34)30-24(35)18-7-8-27-21(13-18)19-15-28-32(4)16-19/h5-8,13-16,36H,9-12,17H2,1-4H3,(H,29,30,35). The highest BCUT2D eigenvalue weighted by Gasteiger charge is 2.22. The lowest BCUT2D eigenvalue weighted by Crippen LogP contribution is -2.44. The number of anilines is 2. The molecule has 2 N–H and O–H groups in total. The summed E-state index contributed by atoms with van der Waals surface area (Å²) in [4.78, 5) is 27.1. The van der Waals surface area contributed by atoms with Gasteiger partial charge < -0.3 is 19.5 Å². The summed E-state index contributed by atoms with van der Waals surface area (Å²) in [5.74, 6) is 0.0986. The Hall–Kier alpha value is -3.76. The van der Waals surface area contributed by atoms with Crippen LogP contribution in [0.4, 0.5) is 11.6 Å². The van der Waals surface area contributed by atoms with Crippen LogP contribution in [0.1, 0.15) is 24.2 Å². The first-order valence-electron chi connectivity index (χ1n) is 12.1. The topological polar surface area (TPSA) is 104 Å². The third kappa shape index (κ3) is 5.09. The Balaban J connectivity index is 1.46. The molecular weight excluding hydrogens is 456 g/mol. The van der Waals surface area contributed by atoms with Crippen LogP contribution in [0.5, 0.6) is 0 Å². The lowest BCUT2D eigenvalue weighted by atomic mass is 10.1. The lowest BCUT2D eigenvalue weighted by molar-refractivity contribution is 0.0630. The second-order valence-electron chi connectivity index (χ2n) is 10.1. The van der Waals surface area contributed by atoms with Crippen molar-refractivity contribution in [3.63, 3.8) is 0 Å². The number of amides is 1. The summed E-state index contributed by atoms with van der Waals surface area (Å²) in [6.45, 7) is 7.70. The number of fused-ring (bicyclic) bond motifs is 1. The zero-order chi connectivity index (χ0) is 25.4. The third-order valence-electron chi connectivity index (χ3n) is 6.39. The molecule has 1 aliphatic rings. The molecule has 1 amide bonds. The van der Waals surface area contributed by atoms with E-state index in [-0.39, 0.29) is 12.5 Å². The van der Waals surface area contributed by atoms with Gasteiger partial charge in [-0.05, 0) is 51.2 Å². The van der Waals surface area contributed by atoms with Gasteiger partial charge in [0, 0.05) is 62.4 Å². The number of hydrogen-bond donors (Lipinski definition) is 2. The Kier molecular flexibility index (Phi) is 6.23. The fourth-order valence-corrected chi connectivity index (χ4v) is 4.48. The fourth-order valence-electron chi connectivity index (χ4n) is 4.48. The summed E-state index contributed by atoms with van der Waals surface area (Å²) in [7, 11) is 3.97. The number of nitrogens with one attached hydrogen (secondary N) is 1. The van der Waals surface area contributed by atoms with E-state index in [0.717, 1.165) is 48.5 Å². The summed E-state index contributed by atoms with van der Waals surface area (Å²) in [6.07, 6.45) is 5.18. The van der Waals surface area contributed by atoms with Crippen molar-refractivity contribution in [1.82, 2.24) is 29.2 Å². The summed E-state index contributed by atoms with van der Waals surface area (Å²) >= 11 is 0. The highest BCUT2D eigenvalue weighted by Crippen LogP contribution is 2.28. The molecule has 10 nitrogen and oxygen atoms in total. The van der Waals surface area contributed by atoms with Crippen LogP contribution in [0.2, 0.25) is 0 Å². The van der Waals surface area contributed by atoms with Gasteiger partial charge in [0.2, 0.25) is 5.95 Å². The molecule has 1 aromatic carbocycles. The summed E-state index contributed by atoms with van der Waals surface area (Å²) in [6, 6.07) is 9.57. The molecule has 1 aliphatic heterocycles. The van der Waals surface area contributed by atoms with Crippen molar-refractivity contribution in [3.8, 4) is 11.3 Å². The van der Waals surface area contributed by atoms with Crippen LogP contribution in [0.3, 0.4) is 0 Å². The SMILES string of the molecule is CN1CCN(c2ccc3c(c2)nc(NC(=O)c2ccnc(-c4cnn(C)c4)c2)n3CC(C)(C)O)CC1. The fraction of sp³-hybridized carbons (Fsp3) is 0.385. The Morgan fingerprint density at radius 3 is 2.58 bits per heavy atom. The van der Waals surface area contributed by atoms with Crippen molar-refractivity contribution in [3.05, 3.63) is 54.5 Å². The molecule has 4 heterocycles. The van der Waals surface area contributed by atoms with Crippen LogP contribution < -0.4 is 10.2 Å². The van der Waals surface area contributed by atoms with E-state index in [4.69, 9.17) is 4.98 Å². The molecule has 188 valence electrons. The van der Waals surface area contributed by atoms with Gasteiger partial charge in [-0.25, -0.2) is 4.98 Å². The second kappa shape index (κ2) is 9.36. The monoisotopic (exact) mass is 488 g/mol. The van der Waals surface area contributed by atoms with Crippen molar-refractivity contribution in [2.45, 2.75) is 26.0 Å².